The summed E-state index contributed by atoms with van der Waals surface area (Å²) in [6.45, 7) is 0.635. The maximum atomic E-state index is 12.0. The fourth-order valence-electron chi connectivity index (χ4n) is 0.893. The first-order valence-corrected chi connectivity index (χ1v) is 3.79. The van der Waals surface area contributed by atoms with Crippen LogP contribution in [0, 0.1) is 0 Å². The quantitative estimate of drug-likeness (QED) is 0.757. The SMILES string of the molecule is CC(C(=O)O)c1nnnn1CC(F)F. The predicted molar refractivity (Wildman–Crippen MR) is 39.9 cm³/mol. The summed E-state index contributed by atoms with van der Waals surface area (Å²) in [5, 5.41) is 18.4. The lowest BCUT2D eigenvalue weighted by atomic mass is 10.2. The highest BCUT2D eigenvalue weighted by Crippen LogP contribution is 2.11. The maximum absolute atomic E-state index is 12.0. The van der Waals surface area contributed by atoms with E-state index in [1.807, 2.05) is 0 Å². The normalized spacial score (nSPS) is 13.1. The second kappa shape index (κ2) is 4.07. The average Bonchev–Trinajstić information content (AvgIpc) is 2.49. The number of tetrazole rings is 1. The summed E-state index contributed by atoms with van der Waals surface area (Å²) in [4.78, 5) is 10.5. The molecule has 1 heterocycles. The van der Waals surface area contributed by atoms with Gasteiger partial charge in [-0.25, -0.2) is 13.5 Å². The molecule has 1 rings (SSSR count). The number of aliphatic carboxylic acids is 1. The number of hydrogen-bond donors (Lipinski definition) is 1. The van der Waals surface area contributed by atoms with Crippen molar-refractivity contribution in [3.63, 3.8) is 0 Å². The van der Waals surface area contributed by atoms with Crippen LogP contribution in [-0.2, 0) is 11.3 Å². The highest BCUT2D eigenvalue weighted by molar-refractivity contribution is 5.74. The molecule has 6 nitrogen and oxygen atoms in total. The Labute approximate surface area is 77.5 Å². The van der Waals surface area contributed by atoms with E-state index in [0.29, 0.717) is 0 Å². The van der Waals surface area contributed by atoms with Crippen molar-refractivity contribution in [1.82, 2.24) is 20.2 Å². The van der Waals surface area contributed by atoms with Crippen molar-refractivity contribution in [2.24, 2.45) is 0 Å². The van der Waals surface area contributed by atoms with E-state index < -0.39 is 24.9 Å². The molecule has 0 bridgehead atoms. The van der Waals surface area contributed by atoms with Gasteiger partial charge in [0, 0.05) is 0 Å². The molecule has 0 amide bonds. The monoisotopic (exact) mass is 206 g/mol. The number of aromatic nitrogens is 4. The van der Waals surface area contributed by atoms with E-state index in [4.69, 9.17) is 5.11 Å². The van der Waals surface area contributed by atoms with Crippen LogP contribution in [0.3, 0.4) is 0 Å². The summed E-state index contributed by atoms with van der Waals surface area (Å²) in [7, 11) is 0. The highest BCUT2D eigenvalue weighted by Gasteiger charge is 2.22. The predicted octanol–water partition coefficient (Wildman–Crippen LogP) is 0.126. The van der Waals surface area contributed by atoms with E-state index in [1.54, 1.807) is 0 Å². The van der Waals surface area contributed by atoms with Crippen molar-refractivity contribution >= 4 is 5.97 Å². The number of nitrogens with zero attached hydrogens (tertiary/aromatic N) is 4. The van der Waals surface area contributed by atoms with Crippen LogP contribution >= 0.6 is 0 Å². The van der Waals surface area contributed by atoms with Crippen LogP contribution in [0.5, 0.6) is 0 Å². The molecule has 14 heavy (non-hydrogen) atoms. The largest absolute Gasteiger partial charge is 0.481 e. The van der Waals surface area contributed by atoms with Gasteiger partial charge in [-0.3, -0.25) is 4.79 Å². The first-order chi connectivity index (χ1) is 6.52. The molecule has 0 aromatic carbocycles. The Morgan fingerprint density at radius 2 is 2.29 bits per heavy atom. The lowest BCUT2D eigenvalue weighted by Crippen LogP contribution is -2.18. The number of carboxylic acids is 1. The maximum Gasteiger partial charge on any atom is 0.314 e. The van der Waals surface area contributed by atoms with E-state index >= 15 is 0 Å². The first-order valence-electron chi connectivity index (χ1n) is 3.79. The van der Waals surface area contributed by atoms with Gasteiger partial charge in [0.15, 0.2) is 5.82 Å². The van der Waals surface area contributed by atoms with Gasteiger partial charge in [0.2, 0.25) is 0 Å². The first kappa shape index (κ1) is 10.5. The fraction of sp³-hybridized carbons (Fsp3) is 0.667. The summed E-state index contributed by atoms with van der Waals surface area (Å²) in [5.74, 6) is -2.23. The van der Waals surface area contributed by atoms with Crippen LogP contribution in [0.4, 0.5) is 8.78 Å². The fourth-order valence-corrected chi connectivity index (χ4v) is 0.893. The summed E-state index contributed by atoms with van der Waals surface area (Å²) >= 11 is 0. The molecule has 78 valence electrons. The number of halogens is 2. The smallest absolute Gasteiger partial charge is 0.314 e. The van der Waals surface area contributed by atoms with Crippen LogP contribution in [0.25, 0.3) is 0 Å². The summed E-state index contributed by atoms with van der Waals surface area (Å²) in [6.07, 6.45) is -2.61. The van der Waals surface area contributed by atoms with Gasteiger partial charge in [0.05, 0.1) is 0 Å². The molecule has 1 N–H and O–H groups in total. The van der Waals surface area contributed by atoms with Gasteiger partial charge in [-0.1, -0.05) is 0 Å². The molecule has 1 unspecified atom stereocenters. The molecule has 0 saturated heterocycles. The van der Waals surface area contributed by atoms with Crippen LogP contribution < -0.4 is 0 Å². The molecule has 0 aliphatic carbocycles. The lowest BCUT2D eigenvalue weighted by molar-refractivity contribution is -0.138. The minimum atomic E-state index is -2.61. The second-order valence-corrected chi connectivity index (χ2v) is 2.67. The molecule has 1 aromatic rings. The number of carbonyl (C=O) groups is 1. The van der Waals surface area contributed by atoms with Crippen LogP contribution in [0.1, 0.15) is 18.7 Å². The van der Waals surface area contributed by atoms with Crippen molar-refractivity contribution in [2.45, 2.75) is 25.8 Å². The van der Waals surface area contributed by atoms with Crippen molar-refractivity contribution in [3.8, 4) is 0 Å². The third-order valence-electron chi connectivity index (χ3n) is 1.63. The third kappa shape index (κ3) is 2.21. The van der Waals surface area contributed by atoms with Crippen molar-refractivity contribution in [2.75, 3.05) is 0 Å². The molecule has 0 saturated carbocycles. The third-order valence-corrected chi connectivity index (χ3v) is 1.63. The lowest BCUT2D eigenvalue weighted by Gasteiger charge is -2.06. The molecular weight excluding hydrogens is 198 g/mol. The van der Waals surface area contributed by atoms with Gasteiger partial charge in [0.25, 0.3) is 6.43 Å². The number of rotatable bonds is 4. The van der Waals surface area contributed by atoms with Gasteiger partial charge in [-0.2, -0.15) is 0 Å². The molecule has 0 aliphatic heterocycles. The zero-order valence-electron chi connectivity index (χ0n) is 7.26. The molecule has 0 fully saturated rings. The van der Waals surface area contributed by atoms with Crippen molar-refractivity contribution in [3.05, 3.63) is 5.82 Å². The molecule has 0 radical (unpaired) electrons. The Balaban J connectivity index is 2.86. The number of alkyl halides is 2. The van der Waals surface area contributed by atoms with Gasteiger partial charge in [0.1, 0.15) is 12.5 Å². The van der Waals surface area contributed by atoms with E-state index in [0.717, 1.165) is 4.68 Å². The highest BCUT2D eigenvalue weighted by atomic mass is 19.3. The molecule has 1 atom stereocenters. The zero-order chi connectivity index (χ0) is 10.7. The average molecular weight is 206 g/mol. The number of hydrogen-bond acceptors (Lipinski definition) is 4. The van der Waals surface area contributed by atoms with Gasteiger partial charge in [-0.15, -0.1) is 5.10 Å². The molecule has 0 aliphatic rings. The van der Waals surface area contributed by atoms with Crippen molar-refractivity contribution in [1.29, 1.82) is 0 Å². The topological polar surface area (TPSA) is 80.9 Å². The van der Waals surface area contributed by atoms with E-state index in [-0.39, 0.29) is 5.82 Å². The minimum absolute atomic E-state index is 0.0715. The minimum Gasteiger partial charge on any atom is -0.481 e. The Bertz CT molecular complexity index is 327. The zero-order valence-corrected chi connectivity index (χ0v) is 7.26. The molecule has 0 spiro atoms. The Morgan fingerprint density at radius 1 is 1.64 bits per heavy atom. The summed E-state index contributed by atoms with van der Waals surface area (Å²) in [6, 6.07) is 0. The summed E-state index contributed by atoms with van der Waals surface area (Å²) < 4.78 is 24.8. The molecule has 8 heteroatoms. The van der Waals surface area contributed by atoms with Crippen LogP contribution in [0.15, 0.2) is 0 Å². The molecule has 1 aromatic heterocycles. The molecular formula is C6H8F2N4O2. The van der Waals surface area contributed by atoms with Gasteiger partial charge < -0.3 is 5.11 Å². The standard InChI is InChI=1S/C6H8F2N4O2/c1-3(6(13)14)5-9-10-11-12(5)2-4(7)8/h3-4H,2H2,1H3,(H,13,14). The summed E-state index contributed by atoms with van der Waals surface area (Å²) in [5.41, 5.74) is 0. The van der Waals surface area contributed by atoms with E-state index in [9.17, 15) is 13.6 Å². The van der Waals surface area contributed by atoms with Gasteiger partial charge >= 0.3 is 5.97 Å². The van der Waals surface area contributed by atoms with Gasteiger partial charge in [-0.05, 0) is 17.4 Å². The Hall–Kier alpha value is -1.60. The Kier molecular flexibility index (Phi) is 3.05. The second-order valence-electron chi connectivity index (χ2n) is 2.67. The van der Waals surface area contributed by atoms with Crippen LogP contribution in [0.2, 0.25) is 0 Å². The van der Waals surface area contributed by atoms with E-state index in [2.05, 4.69) is 15.5 Å². The Morgan fingerprint density at radius 3 is 2.79 bits per heavy atom. The number of carboxylic acid groups (broad SMARTS) is 1. The van der Waals surface area contributed by atoms with Crippen molar-refractivity contribution < 1.29 is 18.7 Å². The van der Waals surface area contributed by atoms with E-state index in [1.165, 1.54) is 6.92 Å². The van der Waals surface area contributed by atoms with Crippen LogP contribution in [-0.4, -0.2) is 37.7 Å².